The summed E-state index contributed by atoms with van der Waals surface area (Å²) in [7, 11) is 0. The summed E-state index contributed by atoms with van der Waals surface area (Å²) < 4.78 is 2.21. The number of likely N-dealkylation sites (tertiary alicyclic amines) is 1. The molecule has 0 unspecified atom stereocenters. The number of amides is 1. The number of aromatic nitrogens is 2. The minimum absolute atomic E-state index is 0.190. The van der Waals surface area contributed by atoms with Gasteiger partial charge in [-0.3, -0.25) is 9.69 Å². The molecule has 3 heterocycles. The van der Waals surface area contributed by atoms with E-state index in [1.807, 2.05) is 6.20 Å². The standard InChI is InChI=1S/C21H28N4O/c1-2-24-13-12-22-19(24)15-25-14-17(16-8-4-3-5-9-16)21-18(25)10-6-7-11-20(26)23-21/h3-5,8-9,12-13,17-18,21H,2,6-7,10-11,14-15H2,1H3,(H,23,26)/t17-,18+,21-/m0/s1. The topological polar surface area (TPSA) is 50.2 Å². The predicted molar refractivity (Wildman–Crippen MR) is 102 cm³/mol. The van der Waals surface area contributed by atoms with Crippen molar-refractivity contribution in [1.82, 2.24) is 19.8 Å². The summed E-state index contributed by atoms with van der Waals surface area (Å²) in [6.45, 7) is 4.91. The van der Waals surface area contributed by atoms with Gasteiger partial charge in [-0.2, -0.15) is 0 Å². The molecule has 3 atom stereocenters. The Morgan fingerprint density at radius 3 is 2.88 bits per heavy atom. The average Bonchev–Trinajstić information content (AvgIpc) is 3.22. The zero-order valence-electron chi connectivity index (χ0n) is 15.5. The van der Waals surface area contributed by atoms with Crippen molar-refractivity contribution in [3.63, 3.8) is 0 Å². The van der Waals surface area contributed by atoms with Crippen LogP contribution in [0, 0.1) is 0 Å². The van der Waals surface area contributed by atoms with Crippen LogP contribution in [-0.2, 0) is 17.9 Å². The zero-order chi connectivity index (χ0) is 17.9. The molecule has 1 aromatic carbocycles. The molecule has 4 rings (SSSR count). The molecule has 2 fully saturated rings. The highest BCUT2D eigenvalue weighted by Crippen LogP contribution is 2.36. The Morgan fingerprint density at radius 2 is 2.08 bits per heavy atom. The smallest absolute Gasteiger partial charge is 0.220 e. The van der Waals surface area contributed by atoms with Crippen molar-refractivity contribution in [2.75, 3.05) is 6.54 Å². The Balaban J connectivity index is 1.63. The van der Waals surface area contributed by atoms with Crippen LogP contribution in [0.4, 0.5) is 0 Å². The van der Waals surface area contributed by atoms with Gasteiger partial charge in [0.05, 0.1) is 12.6 Å². The van der Waals surface area contributed by atoms with Crippen LogP contribution in [0.1, 0.15) is 49.9 Å². The molecule has 138 valence electrons. The Hall–Kier alpha value is -2.14. The van der Waals surface area contributed by atoms with Gasteiger partial charge in [-0.15, -0.1) is 0 Å². The summed E-state index contributed by atoms with van der Waals surface area (Å²) in [5.41, 5.74) is 1.32. The van der Waals surface area contributed by atoms with Crippen LogP contribution >= 0.6 is 0 Å². The lowest BCUT2D eigenvalue weighted by Crippen LogP contribution is -2.47. The third-order valence-electron chi connectivity index (χ3n) is 5.94. The van der Waals surface area contributed by atoms with Gasteiger partial charge < -0.3 is 9.88 Å². The fraction of sp³-hybridized carbons (Fsp3) is 0.524. The summed E-state index contributed by atoms with van der Waals surface area (Å²) >= 11 is 0. The highest BCUT2D eigenvalue weighted by molar-refractivity contribution is 5.76. The Kier molecular flexibility index (Phi) is 5.07. The van der Waals surface area contributed by atoms with Crippen molar-refractivity contribution in [1.29, 1.82) is 0 Å². The van der Waals surface area contributed by atoms with E-state index in [1.54, 1.807) is 0 Å². The molecule has 0 spiro atoms. The van der Waals surface area contributed by atoms with E-state index >= 15 is 0 Å². The van der Waals surface area contributed by atoms with Gasteiger partial charge in [-0.05, 0) is 25.3 Å². The second-order valence-electron chi connectivity index (χ2n) is 7.48. The van der Waals surface area contributed by atoms with E-state index in [0.29, 0.717) is 18.4 Å². The molecule has 0 saturated carbocycles. The highest BCUT2D eigenvalue weighted by Gasteiger charge is 2.43. The maximum absolute atomic E-state index is 12.3. The molecule has 0 radical (unpaired) electrons. The number of carbonyl (C=O) groups is 1. The van der Waals surface area contributed by atoms with Gasteiger partial charge in [0.25, 0.3) is 0 Å². The largest absolute Gasteiger partial charge is 0.351 e. The predicted octanol–water partition coefficient (Wildman–Crippen LogP) is 2.93. The molecular weight excluding hydrogens is 324 g/mol. The normalized spacial score (nSPS) is 26.8. The molecule has 5 nitrogen and oxygen atoms in total. The lowest BCUT2D eigenvalue weighted by Gasteiger charge is -2.31. The van der Waals surface area contributed by atoms with Crippen molar-refractivity contribution in [2.24, 2.45) is 0 Å². The number of hydrogen-bond donors (Lipinski definition) is 1. The summed E-state index contributed by atoms with van der Waals surface area (Å²) in [5, 5.41) is 3.36. The van der Waals surface area contributed by atoms with E-state index < -0.39 is 0 Å². The fourth-order valence-corrected chi connectivity index (χ4v) is 4.61. The summed E-state index contributed by atoms with van der Waals surface area (Å²) in [4.78, 5) is 19.5. The quantitative estimate of drug-likeness (QED) is 0.920. The molecule has 1 amide bonds. The molecule has 0 bridgehead atoms. The molecule has 0 aliphatic carbocycles. The molecular formula is C21H28N4O. The van der Waals surface area contributed by atoms with Gasteiger partial charge in [0.15, 0.2) is 0 Å². The van der Waals surface area contributed by atoms with Gasteiger partial charge in [-0.1, -0.05) is 36.8 Å². The number of aryl methyl sites for hydroxylation is 1. The number of carbonyl (C=O) groups excluding carboxylic acids is 1. The van der Waals surface area contributed by atoms with E-state index in [2.05, 4.69) is 63.2 Å². The average molecular weight is 352 g/mol. The number of fused-ring (bicyclic) bond motifs is 1. The molecule has 2 aliphatic rings. The van der Waals surface area contributed by atoms with E-state index in [0.717, 1.165) is 44.7 Å². The molecule has 1 N–H and O–H groups in total. The molecule has 5 heteroatoms. The Labute approximate surface area is 155 Å². The number of hydrogen-bond acceptors (Lipinski definition) is 3. The third-order valence-corrected chi connectivity index (χ3v) is 5.94. The Morgan fingerprint density at radius 1 is 1.23 bits per heavy atom. The van der Waals surface area contributed by atoms with Crippen LogP contribution < -0.4 is 5.32 Å². The van der Waals surface area contributed by atoms with Crippen molar-refractivity contribution in [2.45, 2.75) is 63.7 Å². The van der Waals surface area contributed by atoms with Crippen LogP contribution in [0.2, 0.25) is 0 Å². The van der Waals surface area contributed by atoms with Crippen LogP contribution in [0.25, 0.3) is 0 Å². The van der Waals surface area contributed by atoms with Gasteiger partial charge in [0, 0.05) is 43.9 Å². The summed E-state index contributed by atoms with van der Waals surface area (Å²) in [6, 6.07) is 11.2. The fourth-order valence-electron chi connectivity index (χ4n) is 4.61. The third kappa shape index (κ3) is 3.40. The molecule has 1 aromatic heterocycles. The number of imidazole rings is 1. The van der Waals surface area contributed by atoms with Crippen LogP contribution in [0.5, 0.6) is 0 Å². The van der Waals surface area contributed by atoms with Crippen LogP contribution in [0.3, 0.4) is 0 Å². The first kappa shape index (κ1) is 17.3. The first-order valence-corrected chi connectivity index (χ1v) is 9.84. The second kappa shape index (κ2) is 7.62. The lowest BCUT2D eigenvalue weighted by molar-refractivity contribution is -0.122. The Bertz CT molecular complexity index is 741. The maximum Gasteiger partial charge on any atom is 0.220 e. The summed E-state index contributed by atoms with van der Waals surface area (Å²) in [6.07, 6.45) is 7.85. The SMILES string of the molecule is CCn1ccnc1CN1C[C@@H](c2ccccc2)[C@@H]2NC(=O)CCCC[C@H]21. The molecule has 2 aliphatic heterocycles. The maximum atomic E-state index is 12.3. The van der Waals surface area contributed by atoms with Crippen molar-refractivity contribution in [3.8, 4) is 0 Å². The van der Waals surface area contributed by atoms with Gasteiger partial charge >= 0.3 is 0 Å². The lowest BCUT2D eigenvalue weighted by atomic mass is 9.88. The molecule has 26 heavy (non-hydrogen) atoms. The first-order valence-electron chi connectivity index (χ1n) is 9.84. The van der Waals surface area contributed by atoms with Crippen molar-refractivity contribution >= 4 is 5.91 Å². The van der Waals surface area contributed by atoms with Crippen molar-refractivity contribution in [3.05, 3.63) is 54.1 Å². The van der Waals surface area contributed by atoms with Gasteiger partial charge in [0.1, 0.15) is 5.82 Å². The van der Waals surface area contributed by atoms with E-state index in [1.165, 1.54) is 5.56 Å². The van der Waals surface area contributed by atoms with Crippen LogP contribution in [-0.4, -0.2) is 39.0 Å². The number of rotatable bonds is 4. The minimum Gasteiger partial charge on any atom is -0.351 e. The number of nitrogens with one attached hydrogen (secondary N) is 1. The van der Waals surface area contributed by atoms with E-state index in [9.17, 15) is 4.79 Å². The minimum atomic E-state index is 0.190. The summed E-state index contributed by atoms with van der Waals surface area (Å²) in [5.74, 6) is 1.67. The molecule has 2 saturated heterocycles. The zero-order valence-corrected chi connectivity index (χ0v) is 15.5. The molecule has 2 aromatic rings. The van der Waals surface area contributed by atoms with Gasteiger partial charge in [-0.25, -0.2) is 4.98 Å². The number of benzene rings is 1. The monoisotopic (exact) mass is 352 g/mol. The van der Waals surface area contributed by atoms with E-state index in [-0.39, 0.29) is 11.9 Å². The second-order valence-corrected chi connectivity index (χ2v) is 7.48. The van der Waals surface area contributed by atoms with Crippen LogP contribution in [0.15, 0.2) is 42.7 Å². The highest BCUT2D eigenvalue weighted by atomic mass is 16.1. The number of nitrogens with zero attached hydrogens (tertiary/aromatic N) is 3. The van der Waals surface area contributed by atoms with Gasteiger partial charge in [0.2, 0.25) is 5.91 Å². The van der Waals surface area contributed by atoms with E-state index in [4.69, 9.17) is 0 Å². The first-order chi connectivity index (χ1) is 12.8. The van der Waals surface area contributed by atoms with Crippen molar-refractivity contribution < 1.29 is 4.79 Å².